The van der Waals surface area contributed by atoms with Gasteiger partial charge in [0.05, 0.1) is 10.4 Å². The summed E-state index contributed by atoms with van der Waals surface area (Å²) in [6.45, 7) is 0. The van der Waals surface area contributed by atoms with Crippen molar-refractivity contribution < 1.29 is 22.7 Å². The van der Waals surface area contributed by atoms with Crippen molar-refractivity contribution in [2.75, 3.05) is 0 Å². The number of aliphatic imine (C=N–C) groups is 1. The first-order chi connectivity index (χ1) is 13.9. The van der Waals surface area contributed by atoms with Crippen molar-refractivity contribution in [1.29, 1.82) is 0 Å². The molecule has 146 valence electrons. The Hall–Kier alpha value is -3.33. The first kappa shape index (κ1) is 19.0. The quantitative estimate of drug-likeness (QED) is 0.610. The standard InChI is InChI=1S/C20H12F3N3O2S/c21-20(22,23)28-16-6-2-1-5-15(16)25-19-26-18(27)17(29-19)11-12-7-8-14-13(10-12)4-3-9-24-14/h1-11H,(H,25,26,27)/b17-11-. The molecule has 3 aromatic rings. The average Bonchev–Trinajstić information content (AvgIpc) is 3.01. The molecular weight excluding hydrogens is 403 g/mol. The van der Waals surface area contributed by atoms with E-state index in [1.54, 1.807) is 12.3 Å². The van der Waals surface area contributed by atoms with E-state index in [0.717, 1.165) is 34.3 Å². The Kier molecular flexibility index (Phi) is 4.98. The highest BCUT2D eigenvalue weighted by Crippen LogP contribution is 2.35. The maximum Gasteiger partial charge on any atom is 0.573 e. The molecule has 4 rings (SSSR count). The fourth-order valence-electron chi connectivity index (χ4n) is 2.69. The number of pyridine rings is 1. The lowest BCUT2D eigenvalue weighted by atomic mass is 10.1. The van der Waals surface area contributed by atoms with Gasteiger partial charge in [0.2, 0.25) is 0 Å². The van der Waals surface area contributed by atoms with Gasteiger partial charge in [-0.15, -0.1) is 13.2 Å². The number of hydrogen-bond donors (Lipinski definition) is 1. The maximum absolute atomic E-state index is 12.6. The zero-order valence-corrected chi connectivity index (χ0v) is 15.4. The number of halogens is 3. The number of alkyl halides is 3. The molecule has 1 saturated heterocycles. The minimum atomic E-state index is -4.83. The Labute approximate surface area is 167 Å². The number of amides is 1. The van der Waals surface area contributed by atoms with Gasteiger partial charge in [-0.25, -0.2) is 4.99 Å². The van der Waals surface area contributed by atoms with E-state index in [2.05, 4.69) is 20.0 Å². The number of carbonyl (C=O) groups excluding carboxylic acids is 1. The van der Waals surface area contributed by atoms with Crippen LogP contribution in [0.3, 0.4) is 0 Å². The molecule has 1 aliphatic heterocycles. The molecule has 1 N–H and O–H groups in total. The molecule has 1 aromatic heterocycles. The molecule has 2 heterocycles. The molecule has 0 saturated carbocycles. The summed E-state index contributed by atoms with van der Waals surface area (Å²) >= 11 is 1.04. The topological polar surface area (TPSA) is 63.6 Å². The fourth-order valence-corrected chi connectivity index (χ4v) is 3.52. The number of ether oxygens (including phenoxy) is 1. The average molecular weight is 415 g/mol. The number of para-hydroxylation sites is 2. The summed E-state index contributed by atoms with van der Waals surface area (Å²) in [5.74, 6) is -0.823. The molecule has 1 fully saturated rings. The third-order valence-electron chi connectivity index (χ3n) is 3.89. The van der Waals surface area contributed by atoms with Crippen LogP contribution in [0.2, 0.25) is 0 Å². The molecule has 0 atom stereocenters. The number of benzene rings is 2. The SMILES string of the molecule is O=C1N/C(=N/c2ccccc2OC(F)(F)F)S/C1=C\c1ccc2ncccc2c1. The molecule has 29 heavy (non-hydrogen) atoms. The number of rotatable bonds is 3. The van der Waals surface area contributed by atoms with Crippen molar-refractivity contribution in [2.24, 2.45) is 4.99 Å². The number of nitrogens with one attached hydrogen (secondary N) is 1. The molecule has 0 bridgehead atoms. The van der Waals surface area contributed by atoms with Crippen LogP contribution in [0.5, 0.6) is 5.75 Å². The monoisotopic (exact) mass is 415 g/mol. The van der Waals surface area contributed by atoms with Crippen LogP contribution in [-0.2, 0) is 4.79 Å². The largest absolute Gasteiger partial charge is 0.573 e. The highest BCUT2D eigenvalue weighted by Gasteiger charge is 2.32. The molecule has 2 aromatic carbocycles. The van der Waals surface area contributed by atoms with Gasteiger partial charge in [0.15, 0.2) is 10.9 Å². The summed E-state index contributed by atoms with van der Waals surface area (Å²) in [6, 6.07) is 14.8. The molecule has 1 amide bonds. The van der Waals surface area contributed by atoms with Crippen LogP contribution in [0, 0.1) is 0 Å². The van der Waals surface area contributed by atoms with E-state index in [9.17, 15) is 18.0 Å². The lowest BCUT2D eigenvalue weighted by Crippen LogP contribution is -2.20. The molecule has 0 spiro atoms. The normalized spacial score (nSPS) is 17.1. The molecule has 0 radical (unpaired) electrons. The van der Waals surface area contributed by atoms with Gasteiger partial charge in [0, 0.05) is 11.6 Å². The van der Waals surface area contributed by atoms with Crippen LogP contribution in [0.25, 0.3) is 17.0 Å². The van der Waals surface area contributed by atoms with Gasteiger partial charge in [-0.05, 0) is 53.7 Å². The summed E-state index contributed by atoms with van der Waals surface area (Å²) in [4.78, 5) is 21.0. The van der Waals surface area contributed by atoms with Gasteiger partial charge in [-0.1, -0.05) is 24.3 Å². The van der Waals surface area contributed by atoms with E-state index in [1.807, 2.05) is 30.3 Å². The molecule has 9 heteroatoms. The van der Waals surface area contributed by atoms with E-state index >= 15 is 0 Å². The van der Waals surface area contributed by atoms with E-state index in [1.165, 1.54) is 18.2 Å². The lowest BCUT2D eigenvalue weighted by Gasteiger charge is -2.10. The second-order valence-electron chi connectivity index (χ2n) is 5.95. The van der Waals surface area contributed by atoms with Crippen molar-refractivity contribution >= 4 is 45.5 Å². The van der Waals surface area contributed by atoms with Crippen LogP contribution >= 0.6 is 11.8 Å². The Balaban J connectivity index is 1.60. The number of hydrogen-bond acceptors (Lipinski definition) is 5. The summed E-state index contributed by atoms with van der Waals surface area (Å²) in [7, 11) is 0. The van der Waals surface area contributed by atoms with Crippen molar-refractivity contribution in [2.45, 2.75) is 6.36 Å². The Bertz CT molecular complexity index is 1160. The second-order valence-corrected chi connectivity index (χ2v) is 6.98. The first-order valence-corrected chi connectivity index (χ1v) is 9.18. The van der Waals surface area contributed by atoms with Crippen molar-refractivity contribution in [3.05, 3.63) is 71.3 Å². The molecular formula is C20H12F3N3O2S. The zero-order valence-electron chi connectivity index (χ0n) is 14.6. The smallest absolute Gasteiger partial charge is 0.403 e. The Morgan fingerprint density at radius 2 is 1.93 bits per heavy atom. The second kappa shape index (κ2) is 7.59. The Morgan fingerprint density at radius 3 is 2.76 bits per heavy atom. The summed E-state index contributed by atoms with van der Waals surface area (Å²) < 4.78 is 41.6. The third-order valence-corrected chi connectivity index (χ3v) is 4.80. The van der Waals surface area contributed by atoms with Gasteiger partial charge in [0.1, 0.15) is 5.69 Å². The van der Waals surface area contributed by atoms with Gasteiger partial charge in [-0.2, -0.15) is 0 Å². The van der Waals surface area contributed by atoms with E-state index in [0.29, 0.717) is 4.91 Å². The minimum absolute atomic E-state index is 0.0364. The number of carbonyl (C=O) groups is 1. The number of fused-ring (bicyclic) bond motifs is 1. The predicted octanol–water partition coefficient (Wildman–Crippen LogP) is 5.03. The molecule has 1 aliphatic rings. The molecule has 5 nitrogen and oxygen atoms in total. The minimum Gasteiger partial charge on any atom is -0.403 e. The summed E-state index contributed by atoms with van der Waals surface area (Å²) in [6.07, 6.45) is -1.45. The predicted molar refractivity (Wildman–Crippen MR) is 106 cm³/mol. The van der Waals surface area contributed by atoms with E-state index < -0.39 is 12.1 Å². The highest BCUT2D eigenvalue weighted by atomic mass is 32.2. The summed E-state index contributed by atoms with van der Waals surface area (Å²) in [5.41, 5.74) is 1.59. The highest BCUT2D eigenvalue weighted by molar-refractivity contribution is 8.18. The van der Waals surface area contributed by atoms with E-state index in [4.69, 9.17) is 0 Å². The van der Waals surface area contributed by atoms with Gasteiger partial charge in [-0.3, -0.25) is 9.78 Å². The number of aromatic nitrogens is 1. The Morgan fingerprint density at radius 1 is 1.10 bits per heavy atom. The lowest BCUT2D eigenvalue weighted by molar-refractivity contribution is -0.274. The van der Waals surface area contributed by atoms with Gasteiger partial charge >= 0.3 is 6.36 Å². The molecule has 0 aliphatic carbocycles. The van der Waals surface area contributed by atoms with Crippen LogP contribution in [0.15, 0.2) is 70.7 Å². The van der Waals surface area contributed by atoms with Crippen molar-refractivity contribution in [3.63, 3.8) is 0 Å². The van der Waals surface area contributed by atoms with Crippen LogP contribution in [-0.4, -0.2) is 22.4 Å². The van der Waals surface area contributed by atoms with Crippen molar-refractivity contribution in [1.82, 2.24) is 10.3 Å². The van der Waals surface area contributed by atoms with E-state index in [-0.39, 0.29) is 16.8 Å². The first-order valence-electron chi connectivity index (χ1n) is 8.36. The van der Waals surface area contributed by atoms with Gasteiger partial charge < -0.3 is 10.1 Å². The number of thioether (sulfide) groups is 1. The fraction of sp³-hybridized carbons (Fsp3) is 0.0500. The van der Waals surface area contributed by atoms with Crippen molar-refractivity contribution in [3.8, 4) is 5.75 Å². The number of nitrogens with zero attached hydrogens (tertiary/aromatic N) is 2. The van der Waals surface area contributed by atoms with Crippen LogP contribution in [0.1, 0.15) is 5.56 Å². The maximum atomic E-state index is 12.6. The third kappa shape index (κ3) is 4.57. The van der Waals surface area contributed by atoms with Gasteiger partial charge in [0.25, 0.3) is 5.91 Å². The number of amidine groups is 1. The summed E-state index contributed by atoms with van der Waals surface area (Å²) in [5, 5.41) is 3.65. The van der Waals surface area contributed by atoms with Crippen LogP contribution in [0.4, 0.5) is 18.9 Å². The zero-order chi connectivity index (χ0) is 20.4. The molecule has 0 unspecified atom stereocenters. The van der Waals surface area contributed by atoms with Crippen LogP contribution < -0.4 is 10.1 Å².